The summed E-state index contributed by atoms with van der Waals surface area (Å²) in [5, 5.41) is 7.68. The van der Waals surface area contributed by atoms with E-state index in [2.05, 4.69) is 17.3 Å². The van der Waals surface area contributed by atoms with Gasteiger partial charge in [-0.25, -0.2) is 0 Å². The number of rotatable bonds is 7. The zero-order chi connectivity index (χ0) is 18.4. The molecule has 6 heteroatoms. The van der Waals surface area contributed by atoms with Gasteiger partial charge in [-0.05, 0) is 38.5 Å². The first kappa shape index (κ1) is 18.9. The van der Waals surface area contributed by atoms with Gasteiger partial charge in [-0.3, -0.25) is 14.3 Å². The highest BCUT2D eigenvalue weighted by Crippen LogP contribution is 2.22. The van der Waals surface area contributed by atoms with E-state index in [1.165, 1.54) is 13.0 Å². The fourth-order valence-electron chi connectivity index (χ4n) is 2.37. The number of benzene rings is 1. The molecule has 5 nitrogen and oxygen atoms in total. The minimum atomic E-state index is -0.294. The van der Waals surface area contributed by atoms with Gasteiger partial charge in [0, 0.05) is 29.4 Å². The van der Waals surface area contributed by atoms with E-state index in [4.69, 9.17) is 11.6 Å². The molecule has 1 amide bonds. The summed E-state index contributed by atoms with van der Waals surface area (Å²) in [6, 6.07) is 6.82. The summed E-state index contributed by atoms with van der Waals surface area (Å²) in [7, 11) is 0. The van der Waals surface area contributed by atoms with Crippen LogP contribution in [0.3, 0.4) is 0 Å². The lowest BCUT2D eigenvalue weighted by Crippen LogP contribution is -2.08. The Bertz CT molecular complexity index is 809. The summed E-state index contributed by atoms with van der Waals surface area (Å²) in [5.41, 5.74) is 2.65. The van der Waals surface area contributed by atoms with Gasteiger partial charge in [0.25, 0.3) is 0 Å². The summed E-state index contributed by atoms with van der Waals surface area (Å²) in [6.07, 6.45) is 5.14. The molecule has 0 atom stereocenters. The molecule has 1 aromatic heterocycles. The van der Waals surface area contributed by atoms with Crippen LogP contribution >= 0.6 is 11.6 Å². The predicted octanol–water partition coefficient (Wildman–Crippen LogP) is 4.50. The molecule has 0 unspecified atom stereocenters. The Morgan fingerprint density at radius 2 is 2.12 bits per heavy atom. The van der Waals surface area contributed by atoms with Crippen LogP contribution in [0.15, 0.2) is 30.3 Å². The molecule has 2 aromatic rings. The van der Waals surface area contributed by atoms with Crippen LogP contribution in [0.4, 0.5) is 5.69 Å². The van der Waals surface area contributed by atoms with Crippen molar-refractivity contribution in [3.05, 3.63) is 52.3 Å². The summed E-state index contributed by atoms with van der Waals surface area (Å²) >= 11 is 6.34. The third kappa shape index (κ3) is 5.03. The third-order valence-electron chi connectivity index (χ3n) is 3.77. The molecule has 0 saturated heterocycles. The van der Waals surface area contributed by atoms with Crippen molar-refractivity contribution in [1.82, 2.24) is 9.78 Å². The molecular formula is C19H22ClN3O2. The minimum absolute atomic E-state index is 0.0476. The normalized spacial score (nSPS) is 11.0. The smallest absolute Gasteiger partial charge is 0.248 e. The van der Waals surface area contributed by atoms with Crippen LogP contribution in [0.2, 0.25) is 5.15 Å². The van der Waals surface area contributed by atoms with Gasteiger partial charge in [-0.15, -0.1) is 0 Å². The lowest BCUT2D eigenvalue weighted by molar-refractivity contribution is -0.111. The molecule has 1 heterocycles. The molecule has 0 aliphatic carbocycles. The molecule has 1 N–H and O–H groups in total. The molecule has 25 heavy (non-hydrogen) atoms. The quantitative estimate of drug-likeness (QED) is 0.584. The summed E-state index contributed by atoms with van der Waals surface area (Å²) in [5.74, 6) is -0.342. The van der Waals surface area contributed by atoms with E-state index in [1.807, 2.05) is 6.92 Å². The fourth-order valence-corrected chi connectivity index (χ4v) is 2.69. The van der Waals surface area contributed by atoms with E-state index in [1.54, 1.807) is 35.0 Å². The van der Waals surface area contributed by atoms with Crippen LogP contribution in [0.5, 0.6) is 0 Å². The van der Waals surface area contributed by atoms with Crippen LogP contribution < -0.4 is 5.32 Å². The van der Waals surface area contributed by atoms with Crippen LogP contribution in [0.1, 0.15) is 48.3 Å². The standard InChI is InChI=1S/C19H22ClN3O2/c1-4-5-11-23-19(20)17(13(2)22-23)9-10-18(25)21-16-8-6-7-15(12-16)14(3)24/h6-10,12H,4-5,11H2,1-3H3,(H,21,25)/b10-9+. The van der Waals surface area contributed by atoms with Crippen LogP contribution in [0.25, 0.3) is 6.08 Å². The zero-order valence-corrected chi connectivity index (χ0v) is 15.4. The Labute approximate surface area is 152 Å². The fraction of sp³-hybridized carbons (Fsp3) is 0.316. The van der Waals surface area contributed by atoms with Crippen molar-refractivity contribution in [3.63, 3.8) is 0 Å². The number of nitrogens with zero attached hydrogens (tertiary/aromatic N) is 2. The molecule has 2 rings (SSSR count). The molecular weight excluding hydrogens is 338 g/mol. The molecule has 0 bridgehead atoms. The largest absolute Gasteiger partial charge is 0.322 e. The van der Waals surface area contributed by atoms with Crippen molar-refractivity contribution < 1.29 is 9.59 Å². The highest BCUT2D eigenvalue weighted by molar-refractivity contribution is 6.31. The van der Waals surface area contributed by atoms with Gasteiger partial charge in [-0.1, -0.05) is 37.1 Å². The number of ketones is 1. The average molecular weight is 360 g/mol. The van der Waals surface area contributed by atoms with Crippen molar-refractivity contribution in [1.29, 1.82) is 0 Å². The number of amides is 1. The van der Waals surface area contributed by atoms with Crippen LogP contribution in [-0.4, -0.2) is 21.5 Å². The molecule has 0 aliphatic heterocycles. The number of anilines is 1. The number of carbonyl (C=O) groups excluding carboxylic acids is 2. The van der Waals surface area contributed by atoms with E-state index in [0.29, 0.717) is 16.4 Å². The van der Waals surface area contributed by atoms with Gasteiger partial charge in [-0.2, -0.15) is 5.10 Å². The highest BCUT2D eigenvalue weighted by atomic mass is 35.5. The Hall–Kier alpha value is -2.40. The Kier molecular flexibility index (Phi) is 6.53. The van der Waals surface area contributed by atoms with Crippen LogP contribution in [0, 0.1) is 6.92 Å². The molecule has 0 aliphatic rings. The maximum absolute atomic E-state index is 12.1. The number of hydrogen-bond acceptors (Lipinski definition) is 3. The van der Waals surface area contributed by atoms with Crippen molar-refractivity contribution in [2.24, 2.45) is 0 Å². The first-order chi connectivity index (χ1) is 11.9. The number of hydrogen-bond donors (Lipinski definition) is 1. The van der Waals surface area contributed by atoms with E-state index in [9.17, 15) is 9.59 Å². The maximum atomic E-state index is 12.1. The SMILES string of the molecule is CCCCn1nc(C)c(/C=C/C(=O)Nc2cccc(C(C)=O)c2)c1Cl. The van der Waals surface area contributed by atoms with Gasteiger partial charge in [0.15, 0.2) is 5.78 Å². The number of aromatic nitrogens is 2. The van der Waals surface area contributed by atoms with Gasteiger partial charge in [0.1, 0.15) is 5.15 Å². The lowest BCUT2D eigenvalue weighted by Gasteiger charge is -2.03. The number of unbranched alkanes of at least 4 members (excludes halogenated alkanes) is 1. The summed E-state index contributed by atoms with van der Waals surface area (Å²) < 4.78 is 1.76. The molecule has 0 spiro atoms. The lowest BCUT2D eigenvalue weighted by atomic mass is 10.1. The number of carbonyl (C=O) groups is 2. The monoisotopic (exact) mass is 359 g/mol. The Balaban J connectivity index is 2.09. The van der Waals surface area contributed by atoms with E-state index < -0.39 is 0 Å². The average Bonchev–Trinajstić information content (AvgIpc) is 2.85. The first-order valence-electron chi connectivity index (χ1n) is 8.25. The Morgan fingerprint density at radius 3 is 2.80 bits per heavy atom. The van der Waals surface area contributed by atoms with Gasteiger partial charge in [0.05, 0.1) is 5.69 Å². The van der Waals surface area contributed by atoms with Gasteiger partial charge >= 0.3 is 0 Å². The number of halogens is 1. The maximum Gasteiger partial charge on any atom is 0.248 e. The molecule has 0 fully saturated rings. The molecule has 0 saturated carbocycles. The second-order valence-corrected chi connectivity index (χ2v) is 6.18. The highest BCUT2D eigenvalue weighted by Gasteiger charge is 2.11. The number of nitrogens with one attached hydrogen (secondary N) is 1. The van der Waals surface area contributed by atoms with Gasteiger partial charge in [0.2, 0.25) is 5.91 Å². The third-order valence-corrected chi connectivity index (χ3v) is 4.17. The molecule has 0 radical (unpaired) electrons. The number of aryl methyl sites for hydroxylation is 2. The first-order valence-corrected chi connectivity index (χ1v) is 8.63. The second-order valence-electron chi connectivity index (χ2n) is 5.83. The Morgan fingerprint density at radius 1 is 1.36 bits per heavy atom. The van der Waals surface area contributed by atoms with E-state index in [-0.39, 0.29) is 11.7 Å². The number of Topliss-reactive ketones (excluding diaryl/α,β-unsaturated/α-hetero) is 1. The predicted molar refractivity (Wildman–Crippen MR) is 101 cm³/mol. The van der Waals surface area contributed by atoms with Crippen molar-refractivity contribution in [2.75, 3.05) is 5.32 Å². The summed E-state index contributed by atoms with van der Waals surface area (Å²) in [4.78, 5) is 23.5. The summed E-state index contributed by atoms with van der Waals surface area (Å²) in [6.45, 7) is 6.22. The van der Waals surface area contributed by atoms with Crippen LogP contribution in [-0.2, 0) is 11.3 Å². The van der Waals surface area contributed by atoms with E-state index >= 15 is 0 Å². The second kappa shape index (κ2) is 8.62. The topological polar surface area (TPSA) is 64.0 Å². The van der Waals surface area contributed by atoms with Crippen molar-refractivity contribution >= 4 is 35.1 Å². The van der Waals surface area contributed by atoms with Crippen molar-refractivity contribution in [3.8, 4) is 0 Å². The van der Waals surface area contributed by atoms with E-state index in [0.717, 1.165) is 30.6 Å². The molecule has 132 valence electrons. The zero-order valence-electron chi connectivity index (χ0n) is 14.7. The minimum Gasteiger partial charge on any atom is -0.322 e. The molecule has 1 aromatic carbocycles. The van der Waals surface area contributed by atoms with Gasteiger partial charge < -0.3 is 5.32 Å². The van der Waals surface area contributed by atoms with Crippen molar-refractivity contribution in [2.45, 2.75) is 40.2 Å².